The number of hydrogen-bond donors (Lipinski definition) is 0. The Morgan fingerprint density at radius 2 is 2.16 bits per heavy atom. The summed E-state index contributed by atoms with van der Waals surface area (Å²) in [6.45, 7) is 2.66. The predicted molar refractivity (Wildman–Crippen MR) is 86.6 cm³/mol. The fourth-order valence-electron chi connectivity index (χ4n) is 1.68. The molecule has 1 amide bonds. The van der Waals surface area contributed by atoms with Crippen LogP contribution in [0.4, 0.5) is 0 Å². The smallest absolute Gasteiger partial charge is 0.266 e. The van der Waals surface area contributed by atoms with Crippen LogP contribution in [-0.2, 0) is 4.79 Å². The second kappa shape index (κ2) is 6.27. The van der Waals surface area contributed by atoms with Gasteiger partial charge < -0.3 is 0 Å². The maximum atomic E-state index is 12.2. The fourth-order valence-corrected chi connectivity index (χ4v) is 3.44. The monoisotopic (exact) mass is 331 g/mol. The second-order valence-electron chi connectivity index (χ2n) is 4.00. The predicted octanol–water partition coefficient (Wildman–Crippen LogP) is 4.60. The van der Waals surface area contributed by atoms with Crippen molar-refractivity contribution < 1.29 is 4.79 Å². The minimum absolute atomic E-state index is 0.0529. The van der Waals surface area contributed by atoms with Crippen molar-refractivity contribution in [1.29, 1.82) is 0 Å². The van der Waals surface area contributed by atoms with Gasteiger partial charge in [0.2, 0.25) is 0 Å². The van der Waals surface area contributed by atoms with Crippen LogP contribution < -0.4 is 0 Å². The first-order valence-electron chi connectivity index (χ1n) is 5.73. The van der Waals surface area contributed by atoms with Gasteiger partial charge in [-0.1, -0.05) is 60.2 Å². The van der Waals surface area contributed by atoms with Crippen LogP contribution in [0.2, 0.25) is 10.0 Å². The molecule has 1 aromatic carbocycles. The summed E-state index contributed by atoms with van der Waals surface area (Å²) in [4.78, 5) is 14.4. The lowest BCUT2D eigenvalue weighted by Gasteiger charge is -2.11. The van der Waals surface area contributed by atoms with Crippen LogP contribution in [-0.4, -0.2) is 21.7 Å². The van der Waals surface area contributed by atoms with Crippen LogP contribution in [0.25, 0.3) is 6.08 Å². The van der Waals surface area contributed by atoms with Crippen molar-refractivity contribution in [2.45, 2.75) is 13.3 Å². The molecule has 0 aromatic heterocycles. The summed E-state index contributed by atoms with van der Waals surface area (Å²) in [7, 11) is 0. The number of thioether (sulfide) groups is 1. The van der Waals surface area contributed by atoms with Crippen LogP contribution in [0.3, 0.4) is 0 Å². The van der Waals surface area contributed by atoms with E-state index >= 15 is 0 Å². The lowest BCUT2D eigenvalue weighted by Crippen LogP contribution is -2.28. The Labute approximate surface area is 131 Å². The maximum Gasteiger partial charge on any atom is 0.266 e. The first-order valence-corrected chi connectivity index (χ1v) is 7.71. The molecule has 1 aliphatic heterocycles. The van der Waals surface area contributed by atoms with Gasteiger partial charge in [0, 0.05) is 16.6 Å². The highest BCUT2D eigenvalue weighted by molar-refractivity contribution is 8.26. The molecular formula is C13H11Cl2NOS2. The molecule has 1 heterocycles. The zero-order chi connectivity index (χ0) is 14.0. The number of carbonyl (C=O) groups excluding carboxylic acids is 1. The third-order valence-electron chi connectivity index (χ3n) is 2.57. The Kier molecular flexibility index (Phi) is 4.90. The van der Waals surface area contributed by atoms with E-state index in [0.717, 1.165) is 12.0 Å². The van der Waals surface area contributed by atoms with Gasteiger partial charge >= 0.3 is 0 Å². The summed E-state index contributed by atoms with van der Waals surface area (Å²) in [5, 5.41) is 1.09. The van der Waals surface area contributed by atoms with E-state index in [2.05, 4.69) is 0 Å². The molecule has 0 radical (unpaired) electrons. The molecule has 2 nitrogen and oxygen atoms in total. The Balaban J connectivity index is 2.30. The zero-order valence-electron chi connectivity index (χ0n) is 10.2. The normalized spacial score (nSPS) is 17.6. The number of halogens is 2. The van der Waals surface area contributed by atoms with Crippen LogP contribution >= 0.6 is 47.2 Å². The van der Waals surface area contributed by atoms with Crippen molar-refractivity contribution in [3.63, 3.8) is 0 Å². The first-order chi connectivity index (χ1) is 9.02. The van der Waals surface area contributed by atoms with Gasteiger partial charge in [0.05, 0.1) is 4.91 Å². The summed E-state index contributed by atoms with van der Waals surface area (Å²) < 4.78 is 0.600. The van der Waals surface area contributed by atoms with Crippen LogP contribution in [0.5, 0.6) is 0 Å². The summed E-state index contributed by atoms with van der Waals surface area (Å²) in [5.74, 6) is -0.0529. The average molecular weight is 332 g/mol. The van der Waals surface area contributed by atoms with E-state index in [4.69, 9.17) is 35.4 Å². The quantitative estimate of drug-likeness (QED) is 0.596. The number of thiocarbonyl (C=S) groups is 1. The molecule has 100 valence electrons. The van der Waals surface area contributed by atoms with E-state index in [1.807, 2.05) is 6.92 Å². The largest absolute Gasteiger partial charge is 0.293 e. The van der Waals surface area contributed by atoms with E-state index in [1.165, 1.54) is 11.8 Å². The van der Waals surface area contributed by atoms with E-state index in [1.54, 1.807) is 29.2 Å². The zero-order valence-corrected chi connectivity index (χ0v) is 13.3. The van der Waals surface area contributed by atoms with Gasteiger partial charge in [-0.05, 0) is 30.2 Å². The van der Waals surface area contributed by atoms with Gasteiger partial charge in [0.25, 0.3) is 5.91 Å². The summed E-state index contributed by atoms with van der Waals surface area (Å²) in [6, 6.07) is 5.19. The fraction of sp³-hybridized carbons (Fsp3) is 0.231. The minimum Gasteiger partial charge on any atom is -0.293 e. The summed E-state index contributed by atoms with van der Waals surface area (Å²) in [5.41, 5.74) is 0.767. The lowest BCUT2D eigenvalue weighted by atomic mass is 10.2. The van der Waals surface area contributed by atoms with Gasteiger partial charge in [0.1, 0.15) is 4.32 Å². The number of hydrogen-bond acceptors (Lipinski definition) is 3. The molecule has 19 heavy (non-hydrogen) atoms. The Morgan fingerprint density at radius 1 is 1.42 bits per heavy atom. The van der Waals surface area contributed by atoms with Crippen molar-refractivity contribution in [1.82, 2.24) is 4.90 Å². The SMILES string of the molecule is CCCN1C(=O)/C(=C/c2ccc(Cl)cc2Cl)SC1=S. The Morgan fingerprint density at radius 3 is 2.79 bits per heavy atom. The molecule has 1 aliphatic rings. The molecule has 0 aliphatic carbocycles. The highest BCUT2D eigenvalue weighted by Gasteiger charge is 2.31. The number of carbonyl (C=O) groups is 1. The molecule has 0 unspecified atom stereocenters. The van der Waals surface area contributed by atoms with Gasteiger partial charge in [0.15, 0.2) is 0 Å². The molecule has 1 saturated heterocycles. The van der Waals surface area contributed by atoms with Gasteiger partial charge in [-0.25, -0.2) is 0 Å². The van der Waals surface area contributed by atoms with Crippen molar-refractivity contribution in [3.8, 4) is 0 Å². The number of rotatable bonds is 3. The average Bonchev–Trinajstić information content (AvgIpc) is 2.61. The third kappa shape index (κ3) is 3.31. The highest BCUT2D eigenvalue weighted by atomic mass is 35.5. The van der Waals surface area contributed by atoms with E-state index in [0.29, 0.717) is 25.8 Å². The second-order valence-corrected chi connectivity index (χ2v) is 6.52. The van der Waals surface area contributed by atoms with Crippen LogP contribution in [0.15, 0.2) is 23.1 Å². The third-order valence-corrected chi connectivity index (χ3v) is 4.51. The number of nitrogens with zero attached hydrogens (tertiary/aromatic N) is 1. The molecule has 1 aromatic rings. The minimum atomic E-state index is -0.0529. The first kappa shape index (κ1) is 14.9. The molecule has 0 N–H and O–H groups in total. The summed E-state index contributed by atoms with van der Waals surface area (Å²) in [6.07, 6.45) is 2.63. The number of amides is 1. The van der Waals surface area contributed by atoms with Gasteiger partial charge in [-0.15, -0.1) is 0 Å². The molecule has 2 rings (SSSR count). The van der Waals surface area contributed by atoms with Crippen molar-refractivity contribution in [3.05, 3.63) is 38.7 Å². The molecular weight excluding hydrogens is 321 g/mol. The molecule has 1 fully saturated rings. The summed E-state index contributed by atoms with van der Waals surface area (Å²) >= 11 is 18.4. The van der Waals surface area contributed by atoms with Gasteiger partial charge in [-0.2, -0.15) is 0 Å². The maximum absolute atomic E-state index is 12.2. The molecule has 0 atom stereocenters. The molecule has 0 spiro atoms. The van der Waals surface area contributed by atoms with E-state index < -0.39 is 0 Å². The van der Waals surface area contributed by atoms with Gasteiger partial charge in [-0.3, -0.25) is 9.69 Å². The molecule has 6 heteroatoms. The van der Waals surface area contributed by atoms with Crippen molar-refractivity contribution in [2.24, 2.45) is 0 Å². The number of benzene rings is 1. The van der Waals surface area contributed by atoms with Crippen LogP contribution in [0.1, 0.15) is 18.9 Å². The topological polar surface area (TPSA) is 20.3 Å². The molecule has 0 saturated carbocycles. The van der Waals surface area contributed by atoms with Crippen molar-refractivity contribution in [2.75, 3.05) is 6.54 Å². The van der Waals surface area contributed by atoms with E-state index in [-0.39, 0.29) is 5.91 Å². The van der Waals surface area contributed by atoms with Crippen molar-refractivity contribution >= 4 is 63.5 Å². The Bertz CT molecular complexity index is 572. The standard InChI is InChI=1S/C13H11Cl2NOS2/c1-2-5-16-12(17)11(19-13(16)18)6-8-3-4-9(14)7-10(8)15/h3-4,6-7H,2,5H2,1H3/b11-6-. The Hall–Kier alpha value is -0.550. The lowest BCUT2D eigenvalue weighted by molar-refractivity contribution is -0.122. The molecule has 0 bridgehead atoms. The highest BCUT2D eigenvalue weighted by Crippen LogP contribution is 2.34. The van der Waals surface area contributed by atoms with Crippen LogP contribution in [0, 0.1) is 0 Å². The van der Waals surface area contributed by atoms with E-state index in [9.17, 15) is 4.79 Å².